The van der Waals surface area contributed by atoms with E-state index in [0.717, 1.165) is 5.70 Å². The lowest BCUT2D eigenvalue weighted by molar-refractivity contribution is 1.02. The highest BCUT2D eigenvalue weighted by Crippen LogP contribution is 2.11. The third-order valence-corrected chi connectivity index (χ3v) is 0.680. The molecule has 0 amide bonds. The molecule has 2 N–H and O–H groups in total. The van der Waals surface area contributed by atoms with Gasteiger partial charge in [-0.3, -0.25) is 5.73 Å². The van der Waals surface area contributed by atoms with Gasteiger partial charge in [0.15, 0.2) is 6.17 Å². The number of azo groups is 1. The zero-order valence-corrected chi connectivity index (χ0v) is 5.27. The van der Waals surface area contributed by atoms with Gasteiger partial charge < -0.3 is 0 Å². The predicted octanol–water partition coefficient (Wildman–Crippen LogP) is 1.23. The molecule has 0 spiro atoms. The summed E-state index contributed by atoms with van der Waals surface area (Å²) in [5.74, 6) is 0. The number of nitrogens with zero attached hydrogens (tertiary/aromatic N) is 2. The minimum absolute atomic E-state index is 0. The molecule has 0 aromatic carbocycles. The van der Waals surface area contributed by atoms with Crippen molar-refractivity contribution in [1.29, 1.82) is 0 Å². The quantitative estimate of drug-likeness (QED) is 0.530. The number of halogens is 1. The van der Waals surface area contributed by atoms with E-state index in [9.17, 15) is 0 Å². The Balaban J connectivity index is 0.000000490. The van der Waals surface area contributed by atoms with Crippen molar-refractivity contribution in [3.8, 4) is 0 Å². The van der Waals surface area contributed by atoms with Crippen LogP contribution in [-0.4, -0.2) is 0 Å². The number of allylic oxidation sites excluding steroid dienone is 1. The topological polar surface area (TPSA) is 50.7 Å². The van der Waals surface area contributed by atoms with Crippen molar-refractivity contribution >= 4 is 12.4 Å². The molecule has 1 aliphatic rings. The van der Waals surface area contributed by atoms with Crippen molar-refractivity contribution in [2.45, 2.75) is 6.92 Å². The summed E-state index contributed by atoms with van der Waals surface area (Å²) in [5.41, 5.74) is 6.08. The van der Waals surface area contributed by atoms with E-state index in [0.29, 0.717) is 6.17 Å². The van der Waals surface area contributed by atoms with Gasteiger partial charge in [-0.05, 0) is 13.0 Å². The molecule has 4 heteroatoms. The van der Waals surface area contributed by atoms with Gasteiger partial charge in [-0.2, -0.15) is 10.2 Å². The maximum atomic E-state index is 5.20. The first-order chi connectivity index (χ1) is 3.29. The van der Waals surface area contributed by atoms with Crippen molar-refractivity contribution in [3.63, 3.8) is 0 Å². The van der Waals surface area contributed by atoms with Crippen LogP contribution in [0.25, 0.3) is 0 Å². The van der Waals surface area contributed by atoms with Gasteiger partial charge in [0.1, 0.15) is 0 Å². The highest BCUT2D eigenvalue weighted by atomic mass is 35.5. The lowest BCUT2D eigenvalue weighted by atomic mass is 10.4. The number of nitrogens with two attached hydrogens (primary N) is 1. The summed E-state index contributed by atoms with van der Waals surface area (Å²) in [6.45, 7) is 1.85. The van der Waals surface area contributed by atoms with Crippen molar-refractivity contribution in [1.82, 2.24) is 0 Å². The van der Waals surface area contributed by atoms with Gasteiger partial charge in [-0.1, -0.05) is 0 Å². The summed E-state index contributed by atoms with van der Waals surface area (Å²) in [6, 6.07) is 0. The second kappa shape index (κ2) is 2.79. The van der Waals surface area contributed by atoms with Gasteiger partial charge in [0, 0.05) is 0 Å². The molecular formula is C4H7ClN3. The third kappa shape index (κ3) is 1.60. The molecule has 0 unspecified atom stereocenters. The Morgan fingerprint density at radius 3 is 2.25 bits per heavy atom. The summed E-state index contributed by atoms with van der Waals surface area (Å²) in [7, 11) is 0. The van der Waals surface area contributed by atoms with E-state index in [-0.39, 0.29) is 12.4 Å². The van der Waals surface area contributed by atoms with Crippen LogP contribution in [0.2, 0.25) is 0 Å². The average Bonchev–Trinajstić information content (AvgIpc) is 1.87. The van der Waals surface area contributed by atoms with E-state index < -0.39 is 0 Å². The minimum Gasteiger partial charge on any atom is -0.299 e. The molecule has 0 fully saturated rings. The van der Waals surface area contributed by atoms with E-state index in [1.54, 1.807) is 6.08 Å². The average molecular weight is 133 g/mol. The maximum Gasteiger partial charge on any atom is 0.194 e. The first kappa shape index (κ1) is 7.59. The van der Waals surface area contributed by atoms with Gasteiger partial charge in [0.05, 0.1) is 5.70 Å². The molecule has 0 bridgehead atoms. The molecular weight excluding hydrogens is 126 g/mol. The van der Waals surface area contributed by atoms with E-state index in [2.05, 4.69) is 10.2 Å². The highest BCUT2D eigenvalue weighted by molar-refractivity contribution is 5.85. The molecule has 1 radical (unpaired) electrons. The van der Waals surface area contributed by atoms with E-state index >= 15 is 0 Å². The lowest BCUT2D eigenvalue weighted by Crippen LogP contribution is -1.98. The molecule has 1 aliphatic heterocycles. The monoisotopic (exact) mass is 132 g/mol. The maximum absolute atomic E-state index is 5.20. The van der Waals surface area contributed by atoms with Crippen molar-refractivity contribution in [2.24, 2.45) is 16.0 Å². The Morgan fingerprint density at radius 1 is 1.50 bits per heavy atom. The van der Waals surface area contributed by atoms with Gasteiger partial charge in [-0.25, -0.2) is 0 Å². The Hall–Kier alpha value is -0.410. The summed E-state index contributed by atoms with van der Waals surface area (Å²) >= 11 is 0. The SMILES string of the molecule is CC1=C[C](N)N=N1.Cl. The third-order valence-electron chi connectivity index (χ3n) is 0.680. The van der Waals surface area contributed by atoms with Crippen molar-refractivity contribution in [2.75, 3.05) is 0 Å². The first-order valence-corrected chi connectivity index (χ1v) is 2.01. The van der Waals surface area contributed by atoms with Crippen LogP contribution in [0.4, 0.5) is 0 Å². The highest BCUT2D eigenvalue weighted by Gasteiger charge is 2.02. The standard InChI is InChI=1S/C4H6N3.ClH/c1-3-2-4(5)7-6-3;/h2H,5H2,1H3;1H. The molecule has 0 saturated heterocycles. The predicted molar refractivity (Wildman–Crippen MR) is 33.3 cm³/mol. The fourth-order valence-corrected chi connectivity index (χ4v) is 0.408. The fraction of sp³-hybridized carbons (Fsp3) is 0.250. The van der Waals surface area contributed by atoms with E-state index in [1.807, 2.05) is 6.92 Å². The minimum atomic E-state index is 0. The number of hydrogen-bond acceptors (Lipinski definition) is 3. The fourth-order valence-electron chi connectivity index (χ4n) is 0.408. The normalized spacial score (nSPS) is 18.0. The van der Waals surface area contributed by atoms with Crippen LogP contribution in [0.3, 0.4) is 0 Å². The van der Waals surface area contributed by atoms with Crippen LogP contribution in [-0.2, 0) is 0 Å². The van der Waals surface area contributed by atoms with Gasteiger partial charge in [0.25, 0.3) is 0 Å². The molecule has 1 heterocycles. The molecule has 1 rings (SSSR count). The summed E-state index contributed by atoms with van der Waals surface area (Å²) in [6.07, 6.45) is 2.22. The first-order valence-electron chi connectivity index (χ1n) is 2.01. The van der Waals surface area contributed by atoms with Crippen molar-refractivity contribution in [3.05, 3.63) is 17.9 Å². The number of rotatable bonds is 0. The van der Waals surface area contributed by atoms with Crippen LogP contribution in [0, 0.1) is 6.17 Å². The zero-order chi connectivity index (χ0) is 5.28. The van der Waals surface area contributed by atoms with Crippen LogP contribution < -0.4 is 5.73 Å². The zero-order valence-electron chi connectivity index (χ0n) is 4.46. The lowest BCUT2D eigenvalue weighted by Gasteiger charge is -1.80. The van der Waals surface area contributed by atoms with Crippen LogP contribution in [0.15, 0.2) is 22.0 Å². The van der Waals surface area contributed by atoms with E-state index in [1.165, 1.54) is 0 Å². The van der Waals surface area contributed by atoms with Crippen LogP contribution in [0.1, 0.15) is 6.92 Å². The van der Waals surface area contributed by atoms with Crippen LogP contribution >= 0.6 is 12.4 Å². The Labute approximate surface area is 54.1 Å². The van der Waals surface area contributed by atoms with E-state index in [4.69, 9.17) is 5.73 Å². The Morgan fingerprint density at radius 2 is 2.12 bits per heavy atom. The molecule has 45 valence electrons. The second-order valence-electron chi connectivity index (χ2n) is 1.41. The van der Waals surface area contributed by atoms with Gasteiger partial charge in [0.2, 0.25) is 0 Å². The summed E-state index contributed by atoms with van der Waals surface area (Å²) in [5, 5.41) is 7.19. The van der Waals surface area contributed by atoms with Crippen molar-refractivity contribution < 1.29 is 0 Å². The molecule has 0 aromatic rings. The van der Waals surface area contributed by atoms with Crippen LogP contribution in [0.5, 0.6) is 0 Å². The second-order valence-corrected chi connectivity index (χ2v) is 1.41. The largest absolute Gasteiger partial charge is 0.299 e. The molecule has 3 nitrogen and oxygen atoms in total. The molecule has 0 saturated carbocycles. The molecule has 0 atom stereocenters. The Kier molecular flexibility index (Phi) is 2.65. The molecule has 0 aliphatic carbocycles. The van der Waals surface area contributed by atoms with Gasteiger partial charge in [-0.15, -0.1) is 12.4 Å². The summed E-state index contributed by atoms with van der Waals surface area (Å²) in [4.78, 5) is 0. The summed E-state index contributed by atoms with van der Waals surface area (Å²) < 4.78 is 0. The molecule has 0 aromatic heterocycles. The smallest absolute Gasteiger partial charge is 0.194 e. The Bertz CT molecular complexity index is 129. The van der Waals surface area contributed by atoms with Gasteiger partial charge >= 0.3 is 0 Å². The number of hydrogen-bond donors (Lipinski definition) is 1. The molecule has 8 heavy (non-hydrogen) atoms.